The van der Waals surface area contributed by atoms with Crippen LogP contribution in [0.25, 0.3) is 0 Å². The van der Waals surface area contributed by atoms with E-state index in [4.69, 9.17) is 10.8 Å². The van der Waals surface area contributed by atoms with Crippen LogP contribution in [0, 0.1) is 0 Å². The molecule has 0 fully saturated rings. The molecule has 0 saturated carbocycles. The molecule has 0 aliphatic rings. The van der Waals surface area contributed by atoms with Gasteiger partial charge in [0.2, 0.25) is 11.8 Å². The number of rotatable bonds is 3. The Hall–Kier alpha value is -1.10. The fourth-order valence-electron chi connectivity index (χ4n) is 0.452. The lowest BCUT2D eigenvalue weighted by Gasteiger charge is -2.09. The van der Waals surface area contributed by atoms with Gasteiger partial charge in [-0.25, -0.2) is 0 Å². The maximum absolute atomic E-state index is 10.3. The molecule has 10 heavy (non-hydrogen) atoms. The van der Waals surface area contributed by atoms with Gasteiger partial charge in [-0.05, 0) is 0 Å². The van der Waals surface area contributed by atoms with Crippen molar-refractivity contribution in [2.24, 2.45) is 5.73 Å². The zero-order chi connectivity index (χ0) is 8.15. The molecule has 0 heterocycles. The summed E-state index contributed by atoms with van der Waals surface area (Å²) < 4.78 is 0. The third kappa shape index (κ3) is 3.03. The van der Waals surface area contributed by atoms with Gasteiger partial charge in [0.25, 0.3) is 0 Å². The lowest BCUT2D eigenvalue weighted by atomic mass is 10.3. The molecule has 0 aromatic heterocycles. The zero-order valence-corrected chi connectivity index (χ0v) is 5.63. The van der Waals surface area contributed by atoms with Gasteiger partial charge in [-0.2, -0.15) is 0 Å². The molecule has 0 spiro atoms. The minimum Gasteiger partial charge on any atom is -0.394 e. The highest BCUT2D eigenvalue weighted by Gasteiger charge is 2.13. The van der Waals surface area contributed by atoms with Crippen LogP contribution in [0.2, 0.25) is 0 Å². The number of hydrogen-bond acceptors (Lipinski definition) is 3. The van der Waals surface area contributed by atoms with Crippen LogP contribution in [0.3, 0.4) is 0 Å². The molecule has 0 radical (unpaired) electrons. The van der Waals surface area contributed by atoms with E-state index in [0.29, 0.717) is 0 Å². The van der Waals surface area contributed by atoms with E-state index in [2.05, 4.69) is 5.32 Å². The number of carbonyl (C=O) groups excluding carboxylic acids is 2. The second-order valence-electron chi connectivity index (χ2n) is 1.84. The monoisotopic (exact) mass is 146 g/mol. The van der Waals surface area contributed by atoms with Gasteiger partial charge in [-0.1, -0.05) is 0 Å². The number of hydrogen-bond donors (Lipinski definition) is 3. The van der Waals surface area contributed by atoms with Gasteiger partial charge in [0.1, 0.15) is 6.04 Å². The highest BCUT2D eigenvalue weighted by atomic mass is 16.3. The Morgan fingerprint density at radius 3 is 2.30 bits per heavy atom. The van der Waals surface area contributed by atoms with Crippen LogP contribution in [0.15, 0.2) is 0 Å². The van der Waals surface area contributed by atoms with E-state index < -0.39 is 24.5 Å². The first-order chi connectivity index (χ1) is 4.57. The summed E-state index contributed by atoms with van der Waals surface area (Å²) in [5.74, 6) is -1.13. The number of nitrogens with two attached hydrogens (primary N) is 1. The maximum atomic E-state index is 10.3. The molecule has 5 nitrogen and oxygen atoms in total. The van der Waals surface area contributed by atoms with Crippen molar-refractivity contribution in [3.63, 3.8) is 0 Å². The second-order valence-corrected chi connectivity index (χ2v) is 1.84. The van der Waals surface area contributed by atoms with E-state index in [1.165, 1.54) is 6.92 Å². The highest BCUT2D eigenvalue weighted by molar-refractivity contribution is 5.85. The van der Waals surface area contributed by atoms with Gasteiger partial charge in [0, 0.05) is 6.92 Å². The first-order valence-corrected chi connectivity index (χ1v) is 2.75. The zero-order valence-electron chi connectivity index (χ0n) is 5.63. The van der Waals surface area contributed by atoms with E-state index >= 15 is 0 Å². The van der Waals surface area contributed by atoms with Gasteiger partial charge < -0.3 is 16.2 Å². The minimum atomic E-state index is -0.961. The molecule has 4 N–H and O–H groups in total. The van der Waals surface area contributed by atoms with Crippen LogP contribution < -0.4 is 11.1 Å². The smallest absolute Gasteiger partial charge is 0.242 e. The number of nitrogens with one attached hydrogen (secondary N) is 1. The van der Waals surface area contributed by atoms with Crippen molar-refractivity contribution in [3.05, 3.63) is 0 Å². The van der Waals surface area contributed by atoms with Crippen LogP contribution in [0.5, 0.6) is 0 Å². The van der Waals surface area contributed by atoms with Crippen molar-refractivity contribution in [1.82, 2.24) is 5.32 Å². The van der Waals surface area contributed by atoms with Crippen LogP contribution in [-0.2, 0) is 9.59 Å². The Kier molecular flexibility index (Phi) is 3.42. The van der Waals surface area contributed by atoms with E-state index in [-0.39, 0.29) is 0 Å². The molecule has 2 amide bonds. The number of aliphatic hydroxyl groups excluding tert-OH is 1. The van der Waals surface area contributed by atoms with Gasteiger partial charge >= 0.3 is 0 Å². The maximum Gasteiger partial charge on any atom is 0.242 e. The number of amides is 2. The Morgan fingerprint density at radius 1 is 1.70 bits per heavy atom. The fourth-order valence-corrected chi connectivity index (χ4v) is 0.452. The van der Waals surface area contributed by atoms with E-state index in [1.54, 1.807) is 0 Å². The van der Waals surface area contributed by atoms with Gasteiger partial charge in [-0.3, -0.25) is 9.59 Å². The molecular weight excluding hydrogens is 136 g/mol. The van der Waals surface area contributed by atoms with Gasteiger partial charge in [-0.15, -0.1) is 0 Å². The molecule has 0 bridgehead atoms. The van der Waals surface area contributed by atoms with Gasteiger partial charge in [0.15, 0.2) is 0 Å². The summed E-state index contributed by atoms with van der Waals surface area (Å²) in [5.41, 5.74) is 4.78. The van der Waals surface area contributed by atoms with Gasteiger partial charge in [0.05, 0.1) is 6.61 Å². The van der Waals surface area contributed by atoms with Crippen LogP contribution in [-0.4, -0.2) is 29.6 Å². The van der Waals surface area contributed by atoms with Crippen molar-refractivity contribution < 1.29 is 14.7 Å². The van der Waals surface area contributed by atoms with E-state index in [0.717, 1.165) is 0 Å². The Labute approximate surface area is 58.2 Å². The topological polar surface area (TPSA) is 92.4 Å². The second kappa shape index (κ2) is 3.84. The van der Waals surface area contributed by atoms with Crippen LogP contribution in [0.4, 0.5) is 0 Å². The largest absolute Gasteiger partial charge is 0.394 e. The number of carbonyl (C=O) groups is 2. The van der Waals surface area contributed by atoms with Crippen molar-refractivity contribution >= 4 is 11.8 Å². The van der Waals surface area contributed by atoms with E-state index in [9.17, 15) is 9.59 Å². The summed E-state index contributed by atoms with van der Waals surface area (Å²) in [7, 11) is 0. The van der Waals surface area contributed by atoms with Crippen LogP contribution >= 0.6 is 0 Å². The van der Waals surface area contributed by atoms with Crippen molar-refractivity contribution in [2.45, 2.75) is 13.0 Å². The summed E-state index contributed by atoms with van der Waals surface area (Å²) >= 11 is 0. The standard InChI is InChI=1S/C5H10N2O3/c1-3(9)7-4(2-8)5(6)10/h4,8H,2H2,1H3,(H2,6,10)(H,7,9). The highest BCUT2D eigenvalue weighted by Crippen LogP contribution is 1.78. The SMILES string of the molecule is CC(=O)NC(CO)C(N)=O. The molecule has 5 heteroatoms. The number of primary amides is 1. The van der Waals surface area contributed by atoms with Crippen LogP contribution in [0.1, 0.15) is 6.92 Å². The third-order valence-electron chi connectivity index (χ3n) is 0.904. The molecule has 0 saturated heterocycles. The molecule has 0 aromatic rings. The molecule has 1 atom stereocenters. The average molecular weight is 146 g/mol. The molecule has 58 valence electrons. The number of aliphatic hydroxyl groups is 1. The lowest BCUT2D eigenvalue weighted by Crippen LogP contribution is -2.45. The summed E-state index contributed by atoms with van der Waals surface area (Å²) in [6.07, 6.45) is 0. The molecule has 0 aliphatic heterocycles. The predicted molar refractivity (Wildman–Crippen MR) is 33.9 cm³/mol. The summed E-state index contributed by atoms with van der Waals surface area (Å²) in [6, 6.07) is -0.961. The molecule has 0 aliphatic carbocycles. The fraction of sp³-hybridized carbons (Fsp3) is 0.600. The Balaban J connectivity index is 3.83. The predicted octanol–water partition coefficient (Wildman–Crippen LogP) is -2.03. The first-order valence-electron chi connectivity index (χ1n) is 2.75. The van der Waals surface area contributed by atoms with Crippen molar-refractivity contribution in [1.29, 1.82) is 0 Å². The molecular formula is C5H10N2O3. The van der Waals surface area contributed by atoms with Crippen molar-refractivity contribution in [3.8, 4) is 0 Å². The molecule has 0 aromatic carbocycles. The summed E-state index contributed by atoms with van der Waals surface area (Å²) in [5, 5.41) is 10.6. The lowest BCUT2D eigenvalue weighted by molar-refractivity contribution is -0.127. The minimum absolute atomic E-state index is 0.391. The third-order valence-corrected chi connectivity index (χ3v) is 0.904. The van der Waals surface area contributed by atoms with E-state index in [1.807, 2.05) is 0 Å². The summed E-state index contributed by atoms with van der Waals surface area (Å²) in [4.78, 5) is 20.6. The summed E-state index contributed by atoms with van der Waals surface area (Å²) in [6.45, 7) is 0.778. The normalized spacial score (nSPS) is 12.2. The molecule has 0 rings (SSSR count). The Morgan fingerprint density at radius 2 is 2.20 bits per heavy atom. The first kappa shape index (κ1) is 8.90. The Bertz CT molecular complexity index is 146. The van der Waals surface area contributed by atoms with Crippen molar-refractivity contribution in [2.75, 3.05) is 6.61 Å². The average Bonchev–Trinajstić information content (AvgIpc) is 1.81. The quantitative estimate of drug-likeness (QED) is 0.428. The molecule has 1 unspecified atom stereocenters.